The van der Waals surface area contributed by atoms with Crippen LogP contribution in [0.1, 0.15) is 40.0 Å². The van der Waals surface area contributed by atoms with E-state index in [1.165, 1.54) is 0 Å². The highest BCUT2D eigenvalue weighted by atomic mass is 35.5. The fraction of sp³-hybridized carbons (Fsp3) is 0.400. The molecule has 0 saturated carbocycles. The molecule has 1 saturated heterocycles. The summed E-state index contributed by atoms with van der Waals surface area (Å²) in [6.07, 6.45) is 0.840. The number of nitrogens with zero attached hydrogens (tertiary/aromatic N) is 3. The van der Waals surface area contributed by atoms with Gasteiger partial charge in [0.1, 0.15) is 0 Å². The Balaban J connectivity index is 1.76. The zero-order chi connectivity index (χ0) is 15.0. The van der Waals surface area contributed by atoms with Gasteiger partial charge in [-0.2, -0.15) is 4.98 Å². The van der Waals surface area contributed by atoms with E-state index in [1.807, 2.05) is 17.9 Å². The van der Waals surface area contributed by atoms with Crippen molar-refractivity contribution in [1.82, 2.24) is 15.0 Å². The Kier molecular flexibility index (Phi) is 3.68. The van der Waals surface area contributed by atoms with Gasteiger partial charge in [-0.1, -0.05) is 22.8 Å². The van der Waals surface area contributed by atoms with Gasteiger partial charge in [0.2, 0.25) is 5.89 Å². The number of carbonyl (C=O) groups is 1. The third-order valence-corrected chi connectivity index (χ3v) is 4.03. The summed E-state index contributed by atoms with van der Waals surface area (Å²) in [5, 5.41) is 4.38. The van der Waals surface area contributed by atoms with Gasteiger partial charge in [-0.05, 0) is 38.0 Å². The first-order chi connectivity index (χ1) is 10.0. The topological polar surface area (TPSA) is 59.2 Å². The molecule has 0 radical (unpaired) electrons. The average molecular weight is 306 g/mol. The molecule has 1 aromatic carbocycles. The molecular weight excluding hydrogens is 290 g/mol. The van der Waals surface area contributed by atoms with Crippen molar-refractivity contribution < 1.29 is 9.32 Å². The van der Waals surface area contributed by atoms with E-state index in [2.05, 4.69) is 10.1 Å². The minimum atomic E-state index is 0.00809. The van der Waals surface area contributed by atoms with E-state index in [-0.39, 0.29) is 11.8 Å². The Labute approximate surface area is 127 Å². The van der Waals surface area contributed by atoms with E-state index in [9.17, 15) is 4.79 Å². The Morgan fingerprint density at radius 3 is 2.95 bits per heavy atom. The lowest BCUT2D eigenvalue weighted by molar-refractivity contribution is 0.0789. The summed E-state index contributed by atoms with van der Waals surface area (Å²) in [7, 11) is 0. The summed E-state index contributed by atoms with van der Waals surface area (Å²) in [6.45, 7) is 5.00. The lowest BCUT2D eigenvalue weighted by Crippen LogP contribution is -2.29. The number of amides is 1. The maximum Gasteiger partial charge on any atom is 0.254 e. The van der Waals surface area contributed by atoms with Gasteiger partial charge in [0, 0.05) is 23.7 Å². The summed E-state index contributed by atoms with van der Waals surface area (Å²) in [4.78, 5) is 18.7. The smallest absolute Gasteiger partial charge is 0.254 e. The normalized spacial score (nSPS) is 18.2. The van der Waals surface area contributed by atoms with Gasteiger partial charge in [-0.25, -0.2) is 0 Å². The van der Waals surface area contributed by atoms with Crippen LogP contribution in [0.4, 0.5) is 0 Å². The Morgan fingerprint density at radius 1 is 1.43 bits per heavy atom. The maximum absolute atomic E-state index is 12.6. The van der Waals surface area contributed by atoms with E-state index >= 15 is 0 Å². The number of carbonyl (C=O) groups excluding carboxylic acids is 1. The summed E-state index contributed by atoms with van der Waals surface area (Å²) in [5.74, 6) is 1.37. The standard InChI is InChI=1S/C15H16ClN3O2/c1-9-3-4-12(16)7-13(9)15(20)19-6-5-11(8-19)14-17-10(2)18-21-14/h3-4,7,11H,5-6,8H2,1-2H3/t11-/m1/s1. The predicted molar refractivity (Wildman–Crippen MR) is 78.5 cm³/mol. The molecule has 1 atom stereocenters. The first-order valence-corrected chi connectivity index (χ1v) is 7.28. The van der Waals surface area contributed by atoms with Crippen molar-refractivity contribution in [2.24, 2.45) is 0 Å². The highest BCUT2D eigenvalue weighted by Crippen LogP contribution is 2.28. The number of aryl methyl sites for hydroxylation is 2. The maximum atomic E-state index is 12.6. The summed E-state index contributed by atoms with van der Waals surface area (Å²) in [5.41, 5.74) is 1.59. The number of halogens is 1. The zero-order valence-corrected chi connectivity index (χ0v) is 12.7. The molecule has 0 N–H and O–H groups in total. The monoisotopic (exact) mass is 305 g/mol. The van der Waals surface area contributed by atoms with Crippen molar-refractivity contribution in [3.8, 4) is 0 Å². The molecular formula is C15H16ClN3O2. The second-order valence-corrected chi connectivity index (χ2v) is 5.81. The largest absolute Gasteiger partial charge is 0.339 e. The lowest BCUT2D eigenvalue weighted by atomic mass is 10.1. The van der Waals surface area contributed by atoms with Gasteiger partial charge in [-0.3, -0.25) is 4.79 Å². The van der Waals surface area contributed by atoms with Crippen molar-refractivity contribution in [1.29, 1.82) is 0 Å². The summed E-state index contributed by atoms with van der Waals surface area (Å²) < 4.78 is 5.20. The van der Waals surface area contributed by atoms with Gasteiger partial charge >= 0.3 is 0 Å². The molecule has 3 rings (SSSR count). The molecule has 1 aromatic heterocycles. The number of rotatable bonds is 2. The third kappa shape index (κ3) is 2.78. The first-order valence-electron chi connectivity index (χ1n) is 6.90. The average Bonchev–Trinajstić information content (AvgIpc) is 3.09. The lowest BCUT2D eigenvalue weighted by Gasteiger charge is -2.17. The summed E-state index contributed by atoms with van der Waals surface area (Å²) in [6, 6.07) is 5.38. The SMILES string of the molecule is Cc1noc([C@@H]2CCN(C(=O)c3cc(Cl)ccc3C)C2)n1. The van der Waals surface area contributed by atoms with Crippen LogP contribution in [0.5, 0.6) is 0 Å². The zero-order valence-electron chi connectivity index (χ0n) is 12.0. The number of aromatic nitrogens is 2. The number of hydrogen-bond donors (Lipinski definition) is 0. The fourth-order valence-corrected chi connectivity index (χ4v) is 2.79. The molecule has 5 nitrogen and oxygen atoms in total. The molecule has 1 amide bonds. The molecule has 1 aliphatic heterocycles. The van der Waals surface area contributed by atoms with Crippen LogP contribution < -0.4 is 0 Å². The van der Waals surface area contributed by atoms with Gasteiger partial charge < -0.3 is 9.42 Å². The second kappa shape index (κ2) is 5.48. The van der Waals surface area contributed by atoms with E-state index in [0.29, 0.717) is 35.4 Å². The minimum absolute atomic E-state index is 0.00809. The molecule has 21 heavy (non-hydrogen) atoms. The van der Waals surface area contributed by atoms with E-state index in [0.717, 1.165) is 12.0 Å². The molecule has 1 fully saturated rings. The second-order valence-electron chi connectivity index (χ2n) is 5.38. The van der Waals surface area contributed by atoms with Crippen molar-refractivity contribution in [2.45, 2.75) is 26.2 Å². The molecule has 1 aliphatic rings. The Hall–Kier alpha value is -1.88. The predicted octanol–water partition coefficient (Wildman–Crippen LogP) is 2.97. The van der Waals surface area contributed by atoms with Crippen LogP contribution in [0.3, 0.4) is 0 Å². The van der Waals surface area contributed by atoms with Gasteiger partial charge in [0.05, 0.1) is 5.92 Å². The molecule has 0 unspecified atom stereocenters. The molecule has 110 valence electrons. The van der Waals surface area contributed by atoms with Crippen LogP contribution in [0.15, 0.2) is 22.7 Å². The first kappa shape index (κ1) is 14.1. The van der Waals surface area contributed by atoms with Crippen LogP contribution in [-0.4, -0.2) is 34.0 Å². The van der Waals surface area contributed by atoms with Crippen molar-refractivity contribution >= 4 is 17.5 Å². The Morgan fingerprint density at radius 2 is 2.24 bits per heavy atom. The molecule has 6 heteroatoms. The number of hydrogen-bond acceptors (Lipinski definition) is 4. The van der Waals surface area contributed by atoms with E-state index in [1.54, 1.807) is 19.1 Å². The van der Waals surface area contributed by atoms with Crippen LogP contribution in [0.25, 0.3) is 0 Å². The van der Waals surface area contributed by atoms with Crippen molar-refractivity contribution in [3.05, 3.63) is 46.1 Å². The van der Waals surface area contributed by atoms with Gasteiger partial charge in [0.25, 0.3) is 5.91 Å². The number of benzene rings is 1. The molecule has 2 heterocycles. The van der Waals surface area contributed by atoms with Crippen LogP contribution >= 0.6 is 11.6 Å². The summed E-state index contributed by atoms with van der Waals surface area (Å²) >= 11 is 5.99. The van der Waals surface area contributed by atoms with E-state index < -0.39 is 0 Å². The van der Waals surface area contributed by atoms with Gasteiger partial charge in [-0.15, -0.1) is 0 Å². The molecule has 0 aliphatic carbocycles. The van der Waals surface area contributed by atoms with Crippen molar-refractivity contribution in [2.75, 3.05) is 13.1 Å². The highest BCUT2D eigenvalue weighted by Gasteiger charge is 2.31. The quantitative estimate of drug-likeness (QED) is 0.856. The Bertz CT molecular complexity index is 683. The fourth-order valence-electron chi connectivity index (χ4n) is 2.62. The number of likely N-dealkylation sites (tertiary alicyclic amines) is 1. The van der Waals surface area contributed by atoms with Crippen LogP contribution in [-0.2, 0) is 0 Å². The molecule has 0 bridgehead atoms. The van der Waals surface area contributed by atoms with Crippen molar-refractivity contribution in [3.63, 3.8) is 0 Å². The van der Waals surface area contributed by atoms with Crippen LogP contribution in [0.2, 0.25) is 5.02 Å². The minimum Gasteiger partial charge on any atom is -0.339 e. The van der Waals surface area contributed by atoms with Gasteiger partial charge in [0.15, 0.2) is 5.82 Å². The highest BCUT2D eigenvalue weighted by molar-refractivity contribution is 6.31. The van der Waals surface area contributed by atoms with E-state index in [4.69, 9.17) is 16.1 Å². The van der Waals surface area contributed by atoms with Crippen LogP contribution in [0, 0.1) is 13.8 Å². The molecule has 2 aromatic rings. The molecule has 0 spiro atoms. The third-order valence-electron chi connectivity index (χ3n) is 3.80.